The Balaban J connectivity index is 2.85. The maximum atomic E-state index is 11.8. The lowest BCUT2D eigenvalue weighted by Gasteiger charge is -2.38. The molecule has 1 heterocycles. The largest absolute Gasteiger partial charge is 0.465 e. The molecule has 1 aliphatic heterocycles. The van der Waals surface area contributed by atoms with Crippen LogP contribution in [-0.4, -0.2) is 47.3 Å². The Bertz CT molecular complexity index is 323. The molecular weight excluding hydrogens is 242 g/mol. The van der Waals surface area contributed by atoms with Gasteiger partial charge in [-0.05, 0) is 54.9 Å². The van der Waals surface area contributed by atoms with Gasteiger partial charge in [-0.15, -0.1) is 0 Å². The summed E-state index contributed by atoms with van der Waals surface area (Å²) in [6.45, 7) is 15.2. The van der Waals surface area contributed by atoms with Crippen molar-refractivity contribution in [1.82, 2.24) is 4.90 Å². The van der Waals surface area contributed by atoms with E-state index in [0.29, 0.717) is 13.2 Å². The lowest BCUT2D eigenvalue weighted by atomic mass is 9.92. The van der Waals surface area contributed by atoms with Gasteiger partial charge >= 0.3 is 5.97 Å². The minimum atomic E-state index is -0.250. The Labute approximate surface area is 117 Å². The predicted octanol–water partition coefficient (Wildman–Crippen LogP) is 2.61. The van der Waals surface area contributed by atoms with Crippen LogP contribution in [0.5, 0.6) is 0 Å². The summed E-state index contributed by atoms with van der Waals surface area (Å²) in [4.78, 5) is 14.0. The highest BCUT2D eigenvalue weighted by Crippen LogP contribution is 2.40. The zero-order chi connectivity index (χ0) is 14.8. The van der Waals surface area contributed by atoms with E-state index in [0.717, 1.165) is 6.42 Å². The molecule has 1 saturated heterocycles. The summed E-state index contributed by atoms with van der Waals surface area (Å²) >= 11 is 0. The molecule has 1 rings (SSSR count). The number of hydrogen-bond donors (Lipinski definition) is 0. The van der Waals surface area contributed by atoms with Crippen LogP contribution in [0.15, 0.2) is 0 Å². The summed E-state index contributed by atoms with van der Waals surface area (Å²) in [5.74, 6) is -0.156. The van der Waals surface area contributed by atoms with E-state index in [1.165, 1.54) is 0 Å². The minimum Gasteiger partial charge on any atom is -0.465 e. The molecule has 0 saturated carbocycles. The molecular formula is C15H29NO3. The van der Waals surface area contributed by atoms with Gasteiger partial charge in [0.05, 0.1) is 24.4 Å². The highest BCUT2D eigenvalue weighted by Gasteiger charge is 2.49. The molecule has 1 fully saturated rings. The Morgan fingerprint density at radius 3 is 2.32 bits per heavy atom. The fourth-order valence-corrected chi connectivity index (χ4v) is 3.06. The zero-order valence-electron chi connectivity index (χ0n) is 13.4. The summed E-state index contributed by atoms with van der Waals surface area (Å²) < 4.78 is 11.2. The Morgan fingerprint density at radius 2 is 1.95 bits per heavy atom. The molecule has 4 nitrogen and oxygen atoms in total. The van der Waals surface area contributed by atoms with Gasteiger partial charge in [0.2, 0.25) is 0 Å². The highest BCUT2D eigenvalue weighted by molar-refractivity contribution is 5.71. The Kier molecular flexibility index (Phi) is 5.02. The molecule has 112 valence electrons. The summed E-state index contributed by atoms with van der Waals surface area (Å²) in [6.07, 6.45) is 0.928. The van der Waals surface area contributed by atoms with E-state index in [2.05, 4.69) is 46.4 Å². The first kappa shape index (κ1) is 16.4. The van der Waals surface area contributed by atoms with Gasteiger partial charge in [-0.1, -0.05) is 0 Å². The molecule has 0 radical (unpaired) electrons. The van der Waals surface area contributed by atoms with Gasteiger partial charge in [0.1, 0.15) is 0 Å². The van der Waals surface area contributed by atoms with Crippen LogP contribution in [0.1, 0.15) is 54.9 Å². The fraction of sp³-hybridized carbons (Fsp3) is 0.933. The van der Waals surface area contributed by atoms with Crippen molar-refractivity contribution in [2.45, 2.75) is 78.2 Å². The average Bonchev–Trinajstić information content (AvgIpc) is 2.43. The van der Waals surface area contributed by atoms with Crippen molar-refractivity contribution < 1.29 is 14.3 Å². The van der Waals surface area contributed by atoms with Crippen LogP contribution in [0.2, 0.25) is 0 Å². The molecule has 19 heavy (non-hydrogen) atoms. The van der Waals surface area contributed by atoms with Crippen LogP contribution in [0.3, 0.4) is 0 Å². The van der Waals surface area contributed by atoms with Gasteiger partial charge in [-0.3, -0.25) is 9.69 Å². The van der Waals surface area contributed by atoms with Crippen LogP contribution in [0, 0.1) is 0 Å². The number of carbonyl (C=O) groups excluding carboxylic acids is 1. The first-order valence-corrected chi connectivity index (χ1v) is 7.20. The van der Waals surface area contributed by atoms with Crippen molar-refractivity contribution in [1.29, 1.82) is 0 Å². The molecule has 0 N–H and O–H groups in total. The second-order valence-corrected chi connectivity index (χ2v) is 6.76. The van der Waals surface area contributed by atoms with Crippen LogP contribution in [-0.2, 0) is 14.3 Å². The van der Waals surface area contributed by atoms with E-state index < -0.39 is 0 Å². The third-order valence-corrected chi connectivity index (χ3v) is 3.71. The molecule has 0 aromatic rings. The van der Waals surface area contributed by atoms with Gasteiger partial charge in [-0.25, -0.2) is 0 Å². The number of esters is 1. The van der Waals surface area contributed by atoms with Crippen molar-refractivity contribution in [3.63, 3.8) is 0 Å². The van der Waals surface area contributed by atoms with Crippen LogP contribution in [0.4, 0.5) is 0 Å². The first-order valence-electron chi connectivity index (χ1n) is 7.20. The second-order valence-electron chi connectivity index (χ2n) is 6.76. The van der Waals surface area contributed by atoms with Crippen LogP contribution < -0.4 is 0 Å². The van der Waals surface area contributed by atoms with Gasteiger partial charge in [0.25, 0.3) is 0 Å². The number of nitrogens with zero attached hydrogens (tertiary/aromatic N) is 1. The van der Waals surface area contributed by atoms with Gasteiger partial charge in [0, 0.05) is 12.1 Å². The molecule has 1 unspecified atom stereocenters. The number of hydrogen-bond acceptors (Lipinski definition) is 4. The van der Waals surface area contributed by atoms with E-state index in [9.17, 15) is 4.79 Å². The van der Waals surface area contributed by atoms with E-state index in [-0.39, 0.29) is 29.3 Å². The maximum Gasteiger partial charge on any atom is 0.320 e. The van der Waals surface area contributed by atoms with E-state index in [1.807, 2.05) is 6.92 Å². The third kappa shape index (κ3) is 4.18. The molecule has 0 aromatic carbocycles. The molecule has 0 aliphatic carbocycles. The predicted molar refractivity (Wildman–Crippen MR) is 76.1 cm³/mol. The topological polar surface area (TPSA) is 38.8 Å². The van der Waals surface area contributed by atoms with Gasteiger partial charge < -0.3 is 9.47 Å². The summed E-state index contributed by atoms with van der Waals surface area (Å²) in [7, 11) is 0. The quantitative estimate of drug-likeness (QED) is 0.721. The van der Waals surface area contributed by atoms with Crippen molar-refractivity contribution in [3.8, 4) is 0 Å². The molecule has 0 bridgehead atoms. The Hall–Kier alpha value is -0.610. The average molecular weight is 271 g/mol. The van der Waals surface area contributed by atoms with Crippen LogP contribution in [0.25, 0.3) is 0 Å². The monoisotopic (exact) mass is 271 g/mol. The minimum absolute atomic E-state index is 0.143. The number of rotatable bonds is 5. The molecule has 0 spiro atoms. The van der Waals surface area contributed by atoms with Crippen molar-refractivity contribution in [2.24, 2.45) is 0 Å². The summed E-state index contributed by atoms with van der Waals surface area (Å²) in [5.41, 5.74) is -0.393. The normalized spacial score (nSPS) is 25.0. The molecule has 0 aromatic heterocycles. The van der Waals surface area contributed by atoms with E-state index >= 15 is 0 Å². The Morgan fingerprint density at radius 1 is 1.37 bits per heavy atom. The lowest BCUT2D eigenvalue weighted by molar-refractivity contribution is -0.147. The van der Waals surface area contributed by atoms with Gasteiger partial charge in [-0.2, -0.15) is 0 Å². The van der Waals surface area contributed by atoms with Crippen LogP contribution >= 0.6 is 0 Å². The lowest BCUT2D eigenvalue weighted by Crippen LogP contribution is -2.51. The highest BCUT2D eigenvalue weighted by atomic mass is 16.5. The fourth-order valence-electron chi connectivity index (χ4n) is 3.06. The van der Waals surface area contributed by atoms with Gasteiger partial charge in [0.15, 0.2) is 0 Å². The molecule has 4 heteroatoms. The zero-order valence-corrected chi connectivity index (χ0v) is 13.4. The smallest absolute Gasteiger partial charge is 0.320 e. The molecule has 0 amide bonds. The number of ether oxygens (including phenoxy) is 2. The maximum absolute atomic E-state index is 11.8. The van der Waals surface area contributed by atoms with Crippen molar-refractivity contribution >= 4 is 5.97 Å². The van der Waals surface area contributed by atoms with E-state index in [4.69, 9.17) is 9.47 Å². The molecule has 1 atom stereocenters. The first-order chi connectivity index (χ1) is 8.59. The number of carbonyl (C=O) groups is 1. The molecule has 1 aliphatic rings. The SMILES string of the molecule is CCOC(=O)CN(C(C)C)C1CC(C)(C)OC1(C)C. The third-order valence-electron chi connectivity index (χ3n) is 3.71. The second kappa shape index (κ2) is 5.80. The summed E-state index contributed by atoms with van der Waals surface area (Å²) in [6, 6.07) is 0.512. The van der Waals surface area contributed by atoms with Crippen molar-refractivity contribution in [2.75, 3.05) is 13.2 Å². The standard InChI is InChI=1S/C15H29NO3/c1-8-18-13(17)10-16(11(2)3)12-9-14(4,5)19-15(12,6)7/h11-12H,8-10H2,1-7H3. The van der Waals surface area contributed by atoms with E-state index in [1.54, 1.807) is 0 Å². The van der Waals surface area contributed by atoms with Crippen molar-refractivity contribution in [3.05, 3.63) is 0 Å². The summed E-state index contributed by atoms with van der Waals surface area (Å²) in [5, 5.41) is 0.